The van der Waals surface area contributed by atoms with Crippen LogP contribution in [0.4, 0.5) is 0 Å². The highest BCUT2D eigenvalue weighted by atomic mass is 35.5. The van der Waals surface area contributed by atoms with Gasteiger partial charge < -0.3 is 8.75 Å². The molecule has 1 aromatic heterocycles. The molecule has 0 radical (unpaired) electrons. The number of hydrogen-bond acceptors (Lipinski definition) is 4. The number of hydrogen-bond donors (Lipinski definition) is 0. The molecule has 5 nitrogen and oxygen atoms in total. The van der Waals surface area contributed by atoms with E-state index < -0.39 is 10.1 Å². The third kappa shape index (κ3) is 2.59. The Morgan fingerprint density at radius 2 is 2.00 bits per heavy atom. The van der Waals surface area contributed by atoms with Gasteiger partial charge in [0.15, 0.2) is 5.15 Å². The SMILES string of the molecule is Cc1cccc(OS(=O)(=O)c2ncn(C)c2Cl)c1C. The van der Waals surface area contributed by atoms with Crippen LogP contribution in [0.3, 0.4) is 0 Å². The van der Waals surface area contributed by atoms with Gasteiger partial charge in [-0.05, 0) is 31.0 Å². The van der Waals surface area contributed by atoms with Gasteiger partial charge in [-0.3, -0.25) is 0 Å². The molecule has 0 saturated heterocycles. The predicted molar refractivity (Wildman–Crippen MR) is 71.9 cm³/mol. The van der Waals surface area contributed by atoms with Gasteiger partial charge in [0.05, 0.1) is 6.33 Å². The second-order valence-corrected chi connectivity index (χ2v) is 6.01. The lowest BCUT2D eigenvalue weighted by Crippen LogP contribution is -2.12. The van der Waals surface area contributed by atoms with Gasteiger partial charge in [0.2, 0.25) is 5.03 Å². The van der Waals surface area contributed by atoms with Crippen molar-refractivity contribution in [1.29, 1.82) is 0 Å². The molecule has 2 rings (SSSR count). The van der Waals surface area contributed by atoms with Gasteiger partial charge in [0.1, 0.15) is 5.75 Å². The van der Waals surface area contributed by atoms with Gasteiger partial charge in [-0.15, -0.1) is 0 Å². The molecule has 0 saturated carbocycles. The normalized spacial score (nSPS) is 11.6. The Morgan fingerprint density at radius 3 is 2.58 bits per heavy atom. The fraction of sp³-hybridized carbons (Fsp3) is 0.250. The minimum Gasteiger partial charge on any atom is -0.378 e. The Bertz CT molecular complexity index is 723. The van der Waals surface area contributed by atoms with Crippen LogP contribution >= 0.6 is 11.6 Å². The number of aromatic nitrogens is 2. The van der Waals surface area contributed by atoms with Gasteiger partial charge >= 0.3 is 10.1 Å². The average molecular weight is 301 g/mol. The second kappa shape index (κ2) is 4.86. The van der Waals surface area contributed by atoms with Crippen molar-refractivity contribution in [3.8, 4) is 5.75 Å². The lowest BCUT2D eigenvalue weighted by molar-refractivity contribution is 0.481. The van der Waals surface area contributed by atoms with Crippen LogP contribution in [0.2, 0.25) is 5.15 Å². The smallest absolute Gasteiger partial charge is 0.360 e. The Labute approximate surface area is 116 Å². The zero-order chi connectivity index (χ0) is 14.2. The zero-order valence-electron chi connectivity index (χ0n) is 10.7. The molecule has 0 spiro atoms. The lowest BCUT2D eigenvalue weighted by atomic mass is 10.1. The minimum atomic E-state index is -4.03. The van der Waals surface area contributed by atoms with Crippen LogP contribution in [0, 0.1) is 13.8 Å². The van der Waals surface area contributed by atoms with Crippen molar-refractivity contribution in [1.82, 2.24) is 9.55 Å². The van der Waals surface area contributed by atoms with E-state index in [2.05, 4.69) is 4.98 Å². The number of benzene rings is 1. The summed E-state index contributed by atoms with van der Waals surface area (Å²) in [6.45, 7) is 3.67. The van der Waals surface area contributed by atoms with E-state index >= 15 is 0 Å². The van der Waals surface area contributed by atoms with Crippen LogP contribution in [-0.4, -0.2) is 18.0 Å². The first kappa shape index (κ1) is 13.9. The number of aryl methyl sites for hydroxylation is 2. The van der Waals surface area contributed by atoms with Crippen molar-refractivity contribution in [3.05, 3.63) is 40.8 Å². The van der Waals surface area contributed by atoms with E-state index in [4.69, 9.17) is 15.8 Å². The number of halogens is 1. The zero-order valence-corrected chi connectivity index (χ0v) is 12.3. The molecule has 0 atom stereocenters. The summed E-state index contributed by atoms with van der Waals surface area (Å²) in [5, 5.41) is -0.261. The Balaban J connectivity index is 2.42. The third-order valence-corrected chi connectivity index (χ3v) is 4.55. The van der Waals surface area contributed by atoms with E-state index in [0.29, 0.717) is 0 Å². The maximum Gasteiger partial charge on any atom is 0.360 e. The van der Waals surface area contributed by atoms with Crippen molar-refractivity contribution in [3.63, 3.8) is 0 Å². The first-order valence-corrected chi connectivity index (χ1v) is 7.29. The first-order valence-electron chi connectivity index (χ1n) is 5.50. The van der Waals surface area contributed by atoms with E-state index in [0.717, 1.165) is 11.1 Å². The average Bonchev–Trinajstić information content (AvgIpc) is 2.66. The summed E-state index contributed by atoms with van der Waals surface area (Å²) in [5.74, 6) is 0.279. The van der Waals surface area contributed by atoms with E-state index in [1.807, 2.05) is 13.0 Å². The molecule has 0 fully saturated rings. The quantitative estimate of drug-likeness (QED) is 0.817. The fourth-order valence-corrected chi connectivity index (χ4v) is 2.93. The molecule has 102 valence electrons. The number of imidazole rings is 1. The van der Waals surface area contributed by atoms with Crippen molar-refractivity contribution in [2.24, 2.45) is 7.05 Å². The Morgan fingerprint density at radius 1 is 1.32 bits per heavy atom. The second-order valence-electron chi connectivity index (χ2n) is 4.19. The fourth-order valence-electron chi connectivity index (χ4n) is 1.53. The maximum absolute atomic E-state index is 12.1. The molecular formula is C12H13ClN2O3S. The summed E-state index contributed by atoms with van der Waals surface area (Å²) >= 11 is 5.87. The Kier molecular flexibility index (Phi) is 3.56. The van der Waals surface area contributed by atoms with E-state index in [1.165, 1.54) is 10.9 Å². The Hall–Kier alpha value is -1.53. The molecule has 0 bridgehead atoms. The monoisotopic (exact) mass is 300 g/mol. The molecule has 2 aromatic rings. The molecule has 0 unspecified atom stereocenters. The van der Waals surface area contributed by atoms with E-state index in [-0.39, 0.29) is 15.9 Å². The van der Waals surface area contributed by atoms with Crippen LogP contribution in [0.1, 0.15) is 11.1 Å². The largest absolute Gasteiger partial charge is 0.378 e. The summed E-state index contributed by atoms with van der Waals surface area (Å²) in [6.07, 6.45) is 1.32. The highest BCUT2D eigenvalue weighted by Gasteiger charge is 2.25. The first-order chi connectivity index (χ1) is 8.83. The molecule has 0 amide bonds. The van der Waals surface area contributed by atoms with E-state index in [1.54, 1.807) is 26.1 Å². The summed E-state index contributed by atoms with van der Waals surface area (Å²) in [6, 6.07) is 5.20. The summed E-state index contributed by atoms with van der Waals surface area (Å²) < 4.78 is 30.7. The molecule has 1 aromatic carbocycles. The molecule has 19 heavy (non-hydrogen) atoms. The number of rotatable bonds is 3. The standard InChI is InChI=1S/C12H13ClN2O3S/c1-8-5-4-6-10(9(8)2)18-19(16,17)12-11(13)15(3)7-14-12/h4-7H,1-3H3. The molecule has 0 aliphatic carbocycles. The van der Waals surface area contributed by atoms with Crippen LogP contribution < -0.4 is 4.18 Å². The summed E-state index contributed by atoms with van der Waals surface area (Å²) in [4.78, 5) is 3.75. The molecule has 0 aliphatic rings. The van der Waals surface area contributed by atoms with Crippen molar-refractivity contribution >= 4 is 21.7 Å². The van der Waals surface area contributed by atoms with Gasteiger partial charge in [-0.2, -0.15) is 8.42 Å². The molecular weight excluding hydrogens is 288 g/mol. The third-order valence-electron chi connectivity index (χ3n) is 2.83. The van der Waals surface area contributed by atoms with E-state index in [9.17, 15) is 8.42 Å². The molecule has 7 heteroatoms. The maximum atomic E-state index is 12.1. The van der Waals surface area contributed by atoms with Gasteiger partial charge in [0.25, 0.3) is 0 Å². The number of nitrogens with zero attached hydrogens (tertiary/aromatic N) is 2. The van der Waals surface area contributed by atoms with Crippen LogP contribution in [0.25, 0.3) is 0 Å². The van der Waals surface area contributed by atoms with Crippen molar-refractivity contribution < 1.29 is 12.6 Å². The van der Waals surface area contributed by atoms with Crippen LogP contribution in [0.5, 0.6) is 5.75 Å². The highest BCUT2D eigenvalue weighted by Crippen LogP contribution is 2.26. The highest BCUT2D eigenvalue weighted by molar-refractivity contribution is 7.87. The summed E-state index contributed by atoms with van der Waals surface area (Å²) in [5.41, 5.74) is 1.71. The predicted octanol–water partition coefficient (Wildman–Crippen LogP) is 2.46. The van der Waals surface area contributed by atoms with Gasteiger partial charge in [0, 0.05) is 7.05 Å². The van der Waals surface area contributed by atoms with Gasteiger partial charge in [-0.1, -0.05) is 23.7 Å². The topological polar surface area (TPSA) is 61.2 Å². The van der Waals surface area contributed by atoms with Gasteiger partial charge in [-0.25, -0.2) is 4.98 Å². The molecule has 1 heterocycles. The van der Waals surface area contributed by atoms with Crippen molar-refractivity contribution in [2.75, 3.05) is 0 Å². The van der Waals surface area contributed by atoms with Crippen molar-refractivity contribution in [2.45, 2.75) is 18.9 Å². The molecule has 0 aliphatic heterocycles. The molecule has 0 N–H and O–H groups in total. The van der Waals surface area contributed by atoms with Crippen LogP contribution in [-0.2, 0) is 17.2 Å². The minimum absolute atomic E-state index is 0.0188. The summed E-state index contributed by atoms with van der Waals surface area (Å²) in [7, 11) is -2.42. The van der Waals surface area contributed by atoms with Crippen LogP contribution in [0.15, 0.2) is 29.6 Å². The lowest BCUT2D eigenvalue weighted by Gasteiger charge is -2.09.